The van der Waals surface area contributed by atoms with Gasteiger partial charge in [0, 0.05) is 7.11 Å². The van der Waals surface area contributed by atoms with Gasteiger partial charge in [0.05, 0.1) is 35.6 Å². The van der Waals surface area contributed by atoms with Crippen LogP contribution in [0.5, 0.6) is 0 Å². The number of rotatable bonds is 9. The number of nitrogens with two attached hydrogens (primary N) is 1. The van der Waals surface area contributed by atoms with Crippen LogP contribution in [-0.2, 0) is 11.3 Å². The van der Waals surface area contributed by atoms with Crippen molar-refractivity contribution in [2.45, 2.75) is 52.1 Å². The van der Waals surface area contributed by atoms with Crippen molar-refractivity contribution in [3.8, 4) is 0 Å². The van der Waals surface area contributed by atoms with Gasteiger partial charge in [-0.2, -0.15) is 5.10 Å². The molecule has 0 saturated carbocycles. The van der Waals surface area contributed by atoms with E-state index in [2.05, 4.69) is 34.9 Å². The molecule has 0 aliphatic carbocycles. The zero-order valence-electron chi connectivity index (χ0n) is 12.2. The fourth-order valence-electron chi connectivity index (χ4n) is 2.39. The van der Waals surface area contributed by atoms with Gasteiger partial charge in [-0.25, -0.2) is 0 Å². The highest BCUT2D eigenvalue weighted by atomic mass is 79.9. The van der Waals surface area contributed by atoms with Crippen LogP contribution in [0.15, 0.2) is 10.7 Å². The zero-order valence-corrected chi connectivity index (χ0v) is 13.8. The number of hydrogen-bond donors (Lipinski definition) is 1. The van der Waals surface area contributed by atoms with Crippen LogP contribution < -0.4 is 5.73 Å². The van der Waals surface area contributed by atoms with Crippen molar-refractivity contribution in [1.82, 2.24) is 9.78 Å². The second-order valence-corrected chi connectivity index (χ2v) is 5.78. The van der Waals surface area contributed by atoms with Crippen molar-refractivity contribution in [1.29, 1.82) is 0 Å². The summed E-state index contributed by atoms with van der Waals surface area (Å²) >= 11 is 3.57. The van der Waals surface area contributed by atoms with Crippen molar-refractivity contribution in [2.75, 3.05) is 13.7 Å². The fourth-order valence-corrected chi connectivity index (χ4v) is 2.95. The summed E-state index contributed by atoms with van der Waals surface area (Å²) in [7, 11) is 1.70. The Bertz CT molecular complexity index is 368. The summed E-state index contributed by atoms with van der Waals surface area (Å²) in [5.74, 6) is 0.509. The smallest absolute Gasteiger partial charge is 0.0697 e. The summed E-state index contributed by atoms with van der Waals surface area (Å²) in [4.78, 5) is 0. The molecular formula is C14H26BrN3O. The third kappa shape index (κ3) is 4.58. The highest BCUT2D eigenvalue weighted by Gasteiger charge is 2.23. The molecule has 0 bridgehead atoms. The Balaban J connectivity index is 2.83. The van der Waals surface area contributed by atoms with E-state index < -0.39 is 0 Å². The number of ether oxygens (including phenoxy) is 1. The topological polar surface area (TPSA) is 53.1 Å². The Morgan fingerprint density at radius 1 is 1.47 bits per heavy atom. The Morgan fingerprint density at radius 2 is 2.21 bits per heavy atom. The van der Waals surface area contributed by atoms with Crippen molar-refractivity contribution in [2.24, 2.45) is 11.7 Å². The molecule has 110 valence electrons. The molecule has 0 amide bonds. The van der Waals surface area contributed by atoms with Crippen molar-refractivity contribution < 1.29 is 4.74 Å². The minimum atomic E-state index is 0.0327. The minimum Gasteiger partial charge on any atom is -0.383 e. The molecule has 0 spiro atoms. The van der Waals surface area contributed by atoms with Crippen LogP contribution >= 0.6 is 15.9 Å². The van der Waals surface area contributed by atoms with E-state index in [9.17, 15) is 0 Å². The van der Waals surface area contributed by atoms with Gasteiger partial charge in [-0.05, 0) is 28.3 Å². The second-order valence-electron chi connectivity index (χ2n) is 4.93. The van der Waals surface area contributed by atoms with Crippen LogP contribution in [0.1, 0.15) is 51.3 Å². The molecule has 1 aromatic heterocycles. The lowest BCUT2D eigenvalue weighted by atomic mass is 9.90. The molecule has 2 unspecified atom stereocenters. The van der Waals surface area contributed by atoms with Crippen LogP contribution in [0.2, 0.25) is 0 Å². The largest absolute Gasteiger partial charge is 0.383 e. The molecule has 1 heterocycles. The highest BCUT2D eigenvalue weighted by molar-refractivity contribution is 9.10. The number of aromatic nitrogens is 2. The van der Waals surface area contributed by atoms with Gasteiger partial charge in [0.2, 0.25) is 0 Å². The molecule has 0 aliphatic heterocycles. The summed E-state index contributed by atoms with van der Waals surface area (Å²) < 4.78 is 8.10. The van der Waals surface area contributed by atoms with Crippen LogP contribution in [0.3, 0.4) is 0 Å². The average molecular weight is 332 g/mol. The predicted octanol–water partition coefficient (Wildman–Crippen LogP) is 3.51. The zero-order chi connectivity index (χ0) is 14.3. The minimum absolute atomic E-state index is 0.0327. The molecule has 0 aliphatic rings. The van der Waals surface area contributed by atoms with Crippen LogP contribution in [0.4, 0.5) is 0 Å². The molecule has 5 heteroatoms. The van der Waals surface area contributed by atoms with Gasteiger partial charge in [-0.15, -0.1) is 0 Å². The number of halogens is 1. The first-order valence-electron chi connectivity index (χ1n) is 7.11. The van der Waals surface area contributed by atoms with Gasteiger partial charge in [0.15, 0.2) is 0 Å². The maximum absolute atomic E-state index is 6.48. The lowest BCUT2D eigenvalue weighted by Gasteiger charge is -2.24. The molecule has 1 rings (SSSR count). The molecule has 2 N–H and O–H groups in total. The molecule has 0 saturated heterocycles. The molecule has 19 heavy (non-hydrogen) atoms. The number of unbranched alkanes of at least 4 members (excludes halogenated alkanes) is 1. The molecule has 0 aromatic carbocycles. The van der Waals surface area contributed by atoms with E-state index in [1.807, 2.05) is 10.9 Å². The summed E-state index contributed by atoms with van der Waals surface area (Å²) in [5.41, 5.74) is 7.57. The monoisotopic (exact) mass is 331 g/mol. The van der Waals surface area contributed by atoms with Gasteiger partial charge >= 0.3 is 0 Å². The van der Waals surface area contributed by atoms with E-state index in [0.29, 0.717) is 12.5 Å². The maximum atomic E-state index is 6.48. The summed E-state index contributed by atoms with van der Waals surface area (Å²) in [5, 5.41) is 4.38. The average Bonchev–Trinajstić information content (AvgIpc) is 2.78. The molecule has 2 atom stereocenters. The molecular weight excluding hydrogens is 306 g/mol. The van der Waals surface area contributed by atoms with Crippen molar-refractivity contribution >= 4 is 15.9 Å². The normalized spacial score (nSPS) is 14.6. The molecule has 0 fully saturated rings. The van der Waals surface area contributed by atoms with E-state index in [1.165, 1.54) is 19.3 Å². The first-order valence-corrected chi connectivity index (χ1v) is 7.90. The predicted molar refractivity (Wildman–Crippen MR) is 82.0 cm³/mol. The van der Waals surface area contributed by atoms with Gasteiger partial charge in [-0.1, -0.05) is 33.1 Å². The maximum Gasteiger partial charge on any atom is 0.0697 e. The molecule has 4 nitrogen and oxygen atoms in total. The number of hydrogen-bond acceptors (Lipinski definition) is 3. The van der Waals surface area contributed by atoms with Gasteiger partial charge < -0.3 is 10.5 Å². The van der Waals surface area contributed by atoms with Crippen LogP contribution in [0.25, 0.3) is 0 Å². The highest BCUT2D eigenvalue weighted by Crippen LogP contribution is 2.31. The van der Waals surface area contributed by atoms with E-state index in [-0.39, 0.29) is 6.04 Å². The fraction of sp³-hybridized carbons (Fsp3) is 0.786. The van der Waals surface area contributed by atoms with E-state index in [0.717, 1.165) is 23.1 Å². The Morgan fingerprint density at radius 3 is 2.79 bits per heavy atom. The quantitative estimate of drug-likeness (QED) is 0.753. The first kappa shape index (κ1) is 16.7. The Labute approximate surface area is 124 Å². The lowest BCUT2D eigenvalue weighted by Crippen LogP contribution is -2.25. The lowest BCUT2D eigenvalue weighted by molar-refractivity contribution is 0.181. The van der Waals surface area contributed by atoms with Gasteiger partial charge in [-0.3, -0.25) is 4.68 Å². The Hall–Kier alpha value is -0.390. The van der Waals surface area contributed by atoms with E-state index >= 15 is 0 Å². The van der Waals surface area contributed by atoms with Crippen molar-refractivity contribution in [3.63, 3.8) is 0 Å². The Kier molecular flexibility index (Phi) is 7.64. The summed E-state index contributed by atoms with van der Waals surface area (Å²) in [6.45, 7) is 5.83. The third-order valence-corrected chi connectivity index (χ3v) is 4.23. The summed E-state index contributed by atoms with van der Waals surface area (Å²) in [6, 6.07) is 0.0327. The first-order chi connectivity index (χ1) is 9.15. The van der Waals surface area contributed by atoms with E-state index in [4.69, 9.17) is 10.5 Å². The van der Waals surface area contributed by atoms with Crippen molar-refractivity contribution in [3.05, 3.63) is 16.4 Å². The number of methoxy groups -OCH3 is 1. The van der Waals surface area contributed by atoms with Gasteiger partial charge in [0.1, 0.15) is 0 Å². The molecule has 1 aromatic rings. The summed E-state index contributed by atoms with van der Waals surface area (Å²) in [6.07, 6.45) is 6.56. The number of nitrogens with zero attached hydrogens (tertiary/aromatic N) is 2. The van der Waals surface area contributed by atoms with E-state index in [1.54, 1.807) is 7.11 Å². The van der Waals surface area contributed by atoms with Crippen LogP contribution in [-0.4, -0.2) is 23.5 Å². The standard InChI is InChI=1S/C14H26BrN3O/c1-4-6-7-11(5-2)13(16)14-12(15)10-17-18(14)8-9-19-3/h10-11,13H,4-9,16H2,1-3H3. The second kappa shape index (κ2) is 8.72. The van der Waals surface area contributed by atoms with Gasteiger partial charge in [0.25, 0.3) is 0 Å². The SMILES string of the molecule is CCCCC(CC)C(N)c1c(Br)cnn1CCOC. The van der Waals surface area contributed by atoms with Crippen LogP contribution in [0, 0.1) is 5.92 Å². The third-order valence-electron chi connectivity index (χ3n) is 3.62. The molecule has 0 radical (unpaired) electrons.